The number of aliphatic hydroxyl groups is 1. The lowest BCUT2D eigenvalue weighted by Crippen LogP contribution is -2.51. The zero-order chi connectivity index (χ0) is 15.7. The molecule has 4 N–H and O–H groups in total. The van der Waals surface area contributed by atoms with Gasteiger partial charge in [0.2, 0.25) is 0 Å². The van der Waals surface area contributed by atoms with E-state index in [0.717, 1.165) is 5.56 Å². The topological polar surface area (TPSA) is 84.1 Å². The van der Waals surface area contributed by atoms with Gasteiger partial charge in [0, 0.05) is 11.6 Å². The Morgan fingerprint density at radius 1 is 1.05 bits per heavy atom. The highest BCUT2D eigenvalue weighted by Crippen LogP contribution is 2.27. The van der Waals surface area contributed by atoms with Crippen molar-refractivity contribution < 1.29 is 5.11 Å². The molecule has 2 rings (SSSR count). The molecule has 1 aromatic carbocycles. The number of hydrogen-bond acceptors (Lipinski definition) is 5. The van der Waals surface area contributed by atoms with Crippen LogP contribution in [-0.4, -0.2) is 26.2 Å². The number of nitrogens with one attached hydrogen (secondary N) is 1. The Bertz CT molecular complexity index is 618. The molecule has 0 amide bonds. The van der Waals surface area contributed by atoms with E-state index in [1.165, 1.54) is 0 Å². The van der Waals surface area contributed by atoms with Crippen molar-refractivity contribution in [2.45, 2.75) is 38.8 Å². The number of nitrogen functional groups attached to an aromatic ring is 1. The molecule has 0 aliphatic carbocycles. The van der Waals surface area contributed by atoms with Crippen LogP contribution in [0.5, 0.6) is 0 Å². The van der Waals surface area contributed by atoms with Crippen LogP contribution < -0.4 is 11.1 Å². The van der Waals surface area contributed by atoms with Crippen molar-refractivity contribution in [1.29, 1.82) is 0 Å². The summed E-state index contributed by atoms with van der Waals surface area (Å²) in [5.41, 5.74) is 5.28. The largest absolute Gasteiger partial charge is 0.388 e. The molecule has 1 aromatic heterocycles. The van der Waals surface area contributed by atoms with Crippen molar-refractivity contribution in [3.8, 4) is 11.4 Å². The highest BCUT2D eigenvalue weighted by molar-refractivity contribution is 5.60. The van der Waals surface area contributed by atoms with Crippen LogP contribution in [-0.2, 0) is 0 Å². The summed E-state index contributed by atoms with van der Waals surface area (Å²) < 4.78 is 0. The Hall–Kier alpha value is -2.14. The summed E-state index contributed by atoms with van der Waals surface area (Å²) in [5, 5.41) is 13.5. The standard InChI is InChI=1S/C16H22N4O/c1-15(2,16(3,4)21)20-13-10-12(17)18-14(19-13)11-8-6-5-7-9-11/h5-10,21H,1-4H3,(H3,17,18,19,20). The minimum Gasteiger partial charge on any atom is -0.388 e. The molecule has 0 atom stereocenters. The Labute approximate surface area is 125 Å². The van der Waals surface area contributed by atoms with E-state index >= 15 is 0 Å². The van der Waals surface area contributed by atoms with Crippen LogP contribution in [0.3, 0.4) is 0 Å². The first-order valence-electron chi connectivity index (χ1n) is 6.89. The fourth-order valence-corrected chi connectivity index (χ4v) is 1.72. The monoisotopic (exact) mass is 286 g/mol. The van der Waals surface area contributed by atoms with E-state index in [1.54, 1.807) is 19.9 Å². The van der Waals surface area contributed by atoms with Crippen LogP contribution in [0.1, 0.15) is 27.7 Å². The normalized spacial score (nSPS) is 12.2. The number of rotatable bonds is 4. The predicted molar refractivity (Wildman–Crippen MR) is 85.9 cm³/mol. The number of nitrogens with two attached hydrogens (primary N) is 1. The molecule has 0 radical (unpaired) electrons. The molecular formula is C16H22N4O. The molecule has 5 heteroatoms. The Balaban J connectivity index is 2.37. The molecule has 112 valence electrons. The molecule has 0 unspecified atom stereocenters. The Kier molecular flexibility index (Phi) is 3.87. The summed E-state index contributed by atoms with van der Waals surface area (Å²) in [6.45, 7) is 7.33. The second-order valence-electron chi connectivity index (χ2n) is 6.18. The third-order valence-electron chi connectivity index (χ3n) is 3.75. The Morgan fingerprint density at radius 2 is 1.67 bits per heavy atom. The van der Waals surface area contributed by atoms with Gasteiger partial charge < -0.3 is 16.2 Å². The van der Waals surface area contributed by atoms with E-state index in [1.807, 2.05) is 44.2 Å². The fraction of sp³-hybridized carbons (Fsp3) is 0.375. The molecule has 0 bridgehead atoms. The molecular weight excluding hydrogens is 264 g/mol. The second-order valence-corrected chi connectivity index (χ2v) is 6.18. The van der Waals surface area contributed by atoms with Gasteiger partial charge in [-0.1, -0.05) is 30.3 Å². The quantitative estimate of drug-likeness (QED) is 0.804. The third-order valence-corrected chi connectivity index (χ3v) is 3.75. The van der Waals surface area contributed by atoms with Crippen molar-refractivity contribution in [3.05, 3.63) is 36.4 Å². The van der Waals surface area contributed by atoms with E-state index in [0.29, 0.717) is 17.5 Å². The summed E-state index contributed by atoms with van der Waals surface area (Å²) >= 11 is 0. The summed E-state index contributed by atoms with van der Waals surface area (Å²) in [7, 11) is 0. The molecule has 5 nitrogen and oxygen atoms in total. The first-order chi connectivity index (χ1) is 9.69. The van der Waals surface area contributed by atoms with Crippen LogP contribution in [0.15, 0.2) is 36.4 Å². The Morgan fingerprint density at radius 3 is 2.24 bits per heavy atom. The fourth-order valence-electron chi connectivity index (χ4n) is 1.72. The van der Waals surface area contributed by atoms with E-state index in [9.17, 15) is 5.11 Å². The van der Waals surface area contributed by atoms with Gasteiger partial charge >= 0.3 is 0 Å². The van der Waals surface area contributed by atoms with Crippen molar-refractivity contribution in [3.63, 3.8) is 0 Å². The van der Waals surface area contributed by atoms with Crippen molar-refractivity contribution in [2.24, 2.45) is 0 Å². The highest BCUT2D eigenvalue weighted by Gasteiger charge is 2.35. The van der Waals surface area contributed by atoms with Gasteiger partial charge in [-0.25, -0.2) is 9.97 Å². The number of benzene rings is 1. The van der Waals surface area contributed by atoms with Gasteiger partial charge in [-0.05, 0) is 27.7 Å². The third kappa shape index (κ3) is 3.49. The number of aromatic nitrogens is 2. The summed E-state index contributed by atoms with van der Waals surface area (Å²) in [6, 6.07) is 11.3. The zero-order valence-electron chi connectivity index (χ0n) is 12.9. The van der Waals surface area contributed by atoms with Crippen LogP contribution in [0, 0.1) is 0 Å². The van der Waals surface area contributed by atoms with Crippen LogP contribution in [0.25, 0.3) is 11.4 Å². The number of hydrogen-bond donors (Lipinski definition) is 3. The average molecular weight is 286 g/mol. The van der Waals surface area contributed by atoms with E-state index < -0.39 is 11.1 Å². The van der Waals surface area contributed by atoms with E-state index in [4.69, 9.17) is 5.73 Å². The summed E-state index contributed by atoms with van der Waals surface area (Å²) in [4.78, 5) is 8.75. The summed E-state index contributed by atoms with van der Waals surface area (Å²) in [6.07, 6.45) is 0. The maximum absolute atomic E-state index is 10.2. The predicted octanol–water partition coefficient (Wildman–Crippen LogP) is 2.69. The lowest BCUT2D eigenvalue weighted by molar-refractivity contribution is 0.0239. The lowest BCUT2D eigenvalue weighted by atomic mass is 9.86. The summed E-state index contributed by atoms with van der Waals surface area (Å²) in [5.74, 6) is 1.54. The maximum atomic E-state index is 10.2. The van der Waals surface area contributed by atoms with Gasteiger partial charge in [0.15, 0.2) is 5.82 Å². The molecule has 0 fully saturated rings. The molecule has 2 aromatic rings. The van der Waals surface area contributed by atoms with Gasteiger partial charge in [-0.2, -0.15) is 0 Å². The van der Waals surface area contributed by atoms with E-state index in [-0.39, 0.29) is 0 Å². The van der Waals surface area contributed by atoms with Crippen molar-refractivity contribution in [2.75, 3.05) is 11.1 Å². The van der Waals surface area contributed by atoms with Gasteiger partial charge in [-0.15, -0.1) is 0 Å². The smallest absolute Gasteiger partial charge is 0.163 e. The first-order valence-corrected chi connectivity index (χ1v) is 6.89. The van der Waals surface area contributed by atoms with Gasteiger partial charge in [0.25, 0.3) is 0 Å². The minimum atomic E-state index is -0.917. The van der Waals surface area contributed by atoms with Crippen LogP contribution >= 0.6 is 0 Å². The van der Waals surface area contributed by atoms with Crippen molar-refractivity contribution >= 4 is 11.6 Å². The van der Waals surface area contributed by atoms with Gasteiger partial charge in [0.1, 0.15) is 11.6 Å². The molecule has 0 aliphatic heterocycles. The first kappa shape index (κ1) is 15.3. The molecule has 21 heavy (non-hydrogen) atoms. The van der Waals surface area contributed by atoms with Gasteiger partial charge in [-0.3, -0.25) is 0 Å². The molecule has 0 saturated carbocycles. The van der Waals surface area contributed by atoms with Crippen molar-refractivity contribution in [1.82, 2.24) is 9.97 Å². The number of nitrogens with zero attached hydrogens (tertiary/aromatic N) is 2. The lowest BCUT2D eigenvalue weighted by Gasteiger charge is -2.38. The maximum Gasteiger partial charge on any atom is 0.163 e. The minimum absolute atomic E-state index is 0.387. The SMILES string of the molecule is CC(C)(O)C(C)(C)Nc1cc(N)nc(-c2ccccc2)n1. The van der Waals surface area contributed by atoms with Crippen LogP contribution in [0.4, 0.5) is 11.6 Å². The van der Waals surface area contributed by atoms with Crippen LogP contribution in [0.2, 0.25) is 0 Å². The molecule has 0 spiro atoms. The highest BCUT2D eigenvalue weighted by atomic mass is 16.3. The second kappa shape index (κ2) is 5.33. The molecule has 1 heterocycles. The number of anilines is 2. The van der Waals surface area contributed by atoms with Gasteiger partial charge in [0.05, 0.1) is 11.1 Å². The zero-order valence-corrected chi connectivity index (χ0v) is 12.9. The average Bonchev–Trinajstić information content (AvgIpc) is 2.37. The molecule has 0 aliphatic rings. The van der Waals surface area contributed by atoms with E-state index in [2.05, 4.69) is 15.3 Å². The molecule has 0 saturated heterocycles.